The Morgan fingerprint density at radius 1 is 1.18 bits per heavy atom. The van der Waals surface area contributed by atoms with Crippen molar-refractivity contribution in [3.8, 4) is 0 Å². The van der Waals surface area contributed by atoms with Gasteiger partial charge in [-0.1, -0.05) is 6.92 Å². The second kappa shape index (κ2) is 6.95. The maximum absolute atomic E-state index is 12.8. The van der Waals surface area contributed by atoms with Crippen LogP contribution in [0.5, 0.6) is 0 Å². The van der Waals surface area contributed by atoms with Gasteiger partial charge in [-0.25, -0.2) is 0 Å². The van der Waals surface area contributed by atoms with Crippen LogP contribution in [-0.4, -0.2) is 92.7 Å². The van der Waals surface area contributed by atoms with Gasteiger partial charge in [0.1, 0.15) is 12.3 Å². The summed E-state index contributed by atoms with van der Waals surface area (Å²) in [5, 5.41) is 12.8. The van der Waals surface area contributed by atoms with Gasteiger partial charge in [0.05, 0.1) is 30.5 Å². The fourth-order valence-electron chi connectivity index (χ4n) is 11.5. The van der Waals surface area contributed by atoms with Crippen molar-refractivity contribution in [3.63, 3.8) is 0 Å². The number of hydrogen-bond donors (Lipinski definition) is 1. The van der Waals surface area contributed by atoms with E-state index in [1.807, 2.05) is 7.11 Å². The van der Waals surface area contributed by atoms with Gasteiger partial charge in [0.25, 0.3) is 0 Å². The van der Waals surface area contributed by atoms with Crippen LogP contribution in [0.3, 0.4) is 0 Å². The number of esters is 1. The molecule has 190 valence electrons. The van der Waals surface area contributed by atoms with Crippen molar-refractivity contribution in [3.05, 3.63) is 0 Å². The van der Waals surface area contributed by atoms with Crippen molar-refractivity contribution in [1.29, 1.82) is 0 Å². The number of ether oxygens (including phenoxy) is 5. The normalized spacial score (nSPS) is 60.1. The molecule has 34 heavy (non-hydrogen) atoms. The lowest BCUT2D eigenvalue weighted by Crippen LogP contribution is -2.83. The van der Waals surface area contributed by atoms with Gasteiger partial charge in [-0.3, -0.25) is 9.69 Å². The van der Waals surface area contributed by atoms with Gasteiger partial charge in [-0.05, 0) is 31.7 Å². The van der Waals surface area contributed by atoms with Gasteiger partial charge >= 0.3 is 5.97 Å². The molecule has 4 aliphatic heterocycles. The molecule has 9 bridgehead atoms. The Morgan fingerprint density at radius 3 is 2.62 bits per heavy atom. The molecule has 5 aliphatic carbocycles. The second-order valence-corrected chi connectivity index (χ2v) is 12.2. The first-order valence-corrected chi connectivity index (χ1v) is 13.2. The van der Waals surface area contributed by atoms with Crippen LogP contribution in [0, 0.1) is 40.4 Å². The summed E-state index contributed by atoms with van der Waals surface area (Å²) >= 11 is 0. The van der Waals surface area contributed by atoms with E-state index < -0.39 is 5.60 Å². The Hall–Kier alpha value is -0.770. The standard InChI is InChI=1S/C26H39NO7/c1-6-27-22-18-20(32-5)21-24(11-30-3)8-7-16(34-23(24)27)26(21,22)14-9-13-15(31-4)10-25(18,29)17(14)19(13)33-12(2)28/h13-23,29H,6-11H2,1-5H3/t13-,14-,15+,16+,17-,18+,19+,20+,21-,22?,23?,24+,25-,26+/m1/s1. The molecule has 0 aromatic rings. The molecule has 4 saturated heterocycles. The predicted octanol–water partition coefficient (Wildman–Crippen LogP) is 1.44. The lowest BCUT2D eigenvalue weighted by atomic mass is 9.41. The van der Waals surface area contributed by atoms with Crippen molar-refractivity contribution in [1.82, 2.24) is 4.90 Å². The Balaban J connectivity index is 1.48. The molecule has 9 aliphatic rings. The van der Waals surface area contributed by atoms with Gasteiger partial charge in [-0.2, -0.15) is 0 Å². The van der Waals surface area contributed by atoms with Crippen LogP contribution < -0.4 is 0 Å². The number of nitrogens with zero attached hydrogens (tertiary/aromatic N) is 1. The molecule has 2 unspecified atom stereocenters. The van der Waals surface area contributed by atoms with E-state index in [0.717, 1.165) is 25.8 Å². The molecule has 0 aromatic carbocycles. The van der Waals surface area contributed by atoms with Crippen molar-refractivity contribution < 1.29 is 33.6 Å². The van der Waals surface area contributed by atoms with E-state index in [0.29, 0.717) is 13.0 Å². The number of aliphatic hydroxyl groups is 1. The Labute approximate surface area is 201 Å². The van der Waals surface area contributed by atoms with Crippen LogP contribution >= 0.6 is 0 Å². The van der Waals surface area contributed by atoms with Crippen LogP contribution in [0.4, 0.5) is 0 Å². The molecule has 8 nitrogen and oxygen atoms in total. The lowest BCUT2D eigenvalue weighted by Gasteiger charge is -2.75. The quantitative estimate of drug-likeness (QED) is 0.575. The highest BCUT2D eigenvalue weighted by Crippen LogP contribution is 2.82. The fraction of sp³-hybridized carbons (Fsp3) is 0.962. The van der Waals surface area contributed by atoms with Gasteiger partial charge < -0.3 is 28.8 Å². The number of carbonyl (C=O) groups excluding carboxylic acids is 1. The third kappa shape index (κ3) is 2.11. The summed E-state index contributed by atoms with van der Waals surface area (Å²) in [6.07, 6.45) is 3.13. The van der Waals surface area contributed by atoms with Crippen LogP contribution in [0.1, 0.15) is 39.5 Å². The van der Waals surface area contributed by atoms with E-state index in [1.54, 1.807) is 14.2 Å². The third-order valence-electron chi connectivity index (χ3n) is 11.8. The number of rotatable bonds is 6. The zero-order valence-corrected chi connectivity index (χ0v) is 20.9. The minimum atomic E-state index is -1.02. The van der Waals surface area contributed by atoms with E-state index in [1.165, 1.54) is 6.92 Å². The molecule has 8 heteroatoms. The summed E-state index contributed by atoms with van der Waals surface area (Å²) in [4.78, 5) is 14.8. The second-order valence-electron chi connectivity index (χ2n) is 12.2. The zero-order valence-electron chi connectivity index (χ0n) is 20.9. The summed E-state index contributed by atoms with van der Waals surface area (Å²) in [5.41, 5.74) is -1.31. The number of methoxy groups -OCH3 is 3. The topological polar surface area (TPSA) is 86.7 Å². The van der Waals surface area contributed by atoms with Gasteiger partial charge in [0.15, 0.2) is 0 Å². The molecule has 0 aromatic heterocycles. The SMILES string of the molecule is CCN1C2O[C@H]3CC[C@]2(COC)[C@H]2[C@@H](OC)[C@H]4C1[C@@]32[C@@H]1C[C@H]2[C@H](OC(C)=O)[C@@H]1[C@]4(O)C[C@@H]2OC. The zero-order chi connectivity index (χ0) is 23.8. The van der Waals surface area contributed by atoms with Crippen molar-refractivity contribution in [2.75, 3.05) is 34.5 Å². The fourth-order valence-corrected chi connectivity index (χ4v) is 11.5. The molecule has 4 heterocycles. The molecular weight excluding hydrogens is 438 g/mol. The number of fused-ring (bicyclic) bond motifs is 3. The molecular formula is C26H39NO7. The lowest BCUT2D eigenvalue weighted by molar-refractivity contribution is -0.401. The number of hydrogen-bond acceptors (Lipinski definition) is 8. The minimum absolute atomic E-state index is 0.00281. The van der Waals surface area contributed by atoms with Gasteiger partial charge in [0, 0.05) is 75.2 Å². The molecule has 5 saturated carbocycles. The first-order chi connectivity index (χ1) is 16.3. The van der Waals surface area contributed by atoms with E-state index >= 15 is 0 Å². The molecule has 14 atom stereocenters. The highest BCUT2D eigenvalue weighted by molar-refractivity contribution is 5.66. The van der Waals surface area contributed by atoms with E-state index in [4.69, 9.17) is 23.7 Å². The van der Waals surface area contributed by atoms with Crippen LogP contribution in [0.2, 0.25) is 0 Å². The summed E-state index contributed by atoms with van der Waals surface area (Å²) < 4.78 is 31.3. The first-order valence-electron chi connectivity index (χ1n) is 13.2. The Bertz CT molecular complexity index is 896. The molecule has 9 fully saturated rings. The molecule has 0 amide bonds. The highest BCUT2D eigenvalue weighted by atomic mass is 16.6. The Kier molecular flexibility index (Phi) is 4.59. The third-order valence-corrected chi connectivity index (χ3v) is 11.8. The summed E-state index contributed by atoms with van der Waals surface area (Å²) in [5.74, 6) is 0.0806. The Morgan fingerprint density at radius 2 is 1.97 bits per heavy atom. The molecule has 1 N–H and O–H groups in total. The van der Waals surface area contributed by atoms with E-state index in [2.05, 4.69) is 11.8 Å². The average Bonchev–Trinajstić information content (AvgIpc) is 3.26. The molecule has 9 rings (SSSR count). The summed E-state index contributed by atoms with van der Waals surface area (Å²) in [7, 11) is 5.34. The summed E-state index contributed by atoms with van der Waals surface area (Å²) in [6.45, 7) is 5.21. The molecule has 0 radical (unpaired) electrons. The predicted molar refractivity (Wildman–Crippen MR) is 120 cm³/mol. The first kappa shape index (κ1) is 22.4. The monoisotopic (exact) mass is 477 g/mol. The van der Waals surface area contributed by atoms with Crippen molar-refractivity contribution in [2.24, 2.45) is 40.4 Å². The minimum Gasteiger partial charge on any atom is -0.462 e. The number of carbonyl (C=O) groups is 1. The number of piperidine rings is 1. The average molecular weight is 478 g/mol. The van der Waals surface area contributed by atoms with Crippen LogP contribution in [0.25, 0.3) is 0 Å². The summed E-state index contributed by atoms with van der Waals surface area (Å²) in [6, 6.07) is 0.195. The van der Waals surface area contributed by atoms with Gasteiger partial charge in [0.2, 0.25) is 0 Å². The van der Waals surface area contributed by atoms with Crippen LogP contribution in [-0.2, 0) is 28.5 Å². The van der Waals surface area contributed by atoms with E-state index in [9.17, 15) is 9.90 Å². The molecule has 1 spiro atoms. The maximum Gasteiger partial charge on any atom is 0.302 e. The highest BCUT2D eigenvalue weighted by Gasteiger charge is 2.90. The van der Waals surface area contributed by atoms with Crippen LogP contribution in [0.15, 0.2) is 0 Å². The van der Waals surface area contributed by atoms with Crippen molar-refractivity contribution in [2.45, 2.75) is 81.8 Å². The van der Waals surface area contributed by atoms with Crippen molar-refractivity contribution >= 4 is 5.97 Å². The van der Waals surface area contributed by atoms with E-state index in [-0.39, 0.29) is 83.1 Å². The largest absolute Gasteiger partial charge is 0.462 e. The maximum atomic E-state index is 12.8. The smallest absolute Gasteiger partial charge is 0.302 e. The van der Waals surface area contributed by atoms with Gasteiger partial charge in [-0.15, -0.1) is 0 Å².